The second-order valence-electron chi connectivity index (χ2n) is 6.28. The Balaban J connectivity index is 1.77. The maximum Gasteiger partial charge on any atom is 0.339 e. The zero-order valence-electron chi connectivity index (χ0n) is 15.4. The molecule has 0 fully saturated rings. The normalized spacial score (nSPS) is 10.4. The van der Waals surface area contributed by atoms with Gasteiger partial charge in [-0.1, -0.05) is 60.1 Å². The van der Waals surface area contributed by atoms with Crippen molar-refractivity contribution in [3.05, 3.63) is 100 Å². The fraction of sp³-hybridized carbons (Fsp3) is 0.130. The van der Waals surface area contributed by atoms with Crippen molar-refractivity contribution in [3.63, 3.8) is 0 Å². The molecule has 0 aliphatic rings. The predicted molar refractivity (Wildman–Crippen MR) is 111 cm³/mol. The van der Waals surface area contributed by atoms with Crippen molar-refractivity contribution in [2.24, 2.45) is 0 Å². The molecule has 5 heteroatoms. The van der Waals surface area contributed by atoms with E-state index in [0.29, 0.717) is 11.3 Å². The number of rotatable bonds is 6. The van der Waals surface area contributed by atoms with Crippen LogP contribution in [0.1, 0.15) is 31.8 Å². The molecule has 1 N–H and O–H groups in total. The molecule has 28 heavy (non-hydrogen) atoms. The molecule has 1 amide bonds. The highest BCUT2D eigenvalue weighted by atomic mass is 35.5. The predicted octanol–water partition coefficient (Wildman–Crippen LogP) is 5.16. The first-order valence-electron chi connectivity index (χ1n) is 8.89. The van der Waals surface area contributed by atoms with Crippen molar-refractivity contribution in [1.82, 2.24) is 0 Å². The number of carbonyl (C=O) groups excluding carboxylic acids is 2. The fourth-order valence-electron chi connectivity index (χ4n) is 2.95. The molecule has 0 saturated carbocycles. The first-order chi connectivity index (χ1) is 13.6. The molecule has 0 aromatic heterocycles. The number of benzene rings is 3. The van der Waals surface area contributed by atoms with E-state index in [0.717, 1.165) is 18.4 Å². The summed E-state index contributed by atoms with van der Waals surface area (Å²) in [5.74, 6) is -0.786. The van der Waals surface area contributed by atoms with Gasteiger partial charge in [0.1, 0.15) is 0 Å². The van der Waals surface area contributed by atoms with E-state index in [9.17, 15) is 9.59 Å². The summed E-state index contributed by atoms with van der Waals surface area (Å²) in [5, 5.41) is 3.11. The molecule has 3 aromatic rings. The number of ether oxygens (including phenoxy) is 1. The Morgan fingerprint density at radius 2 is 1.61 bits per heavy atom. The van der Waals surface area contributed by atoms with Crippen molar-refractivity contribution in [2.45, 2.75) is 12.8 Å². The minimum absolute atomic E-state index is 0.208. The van der Waals surface area contributed by atoms with Gasteiger partial charge in [0.2, 0.25) is 0 Å². The smallest absolute Gasteiger partial charge is 0.339 e. The number of methoxy groups -OCH3 is 1. The minimum atomic E-state index is -0.552. The zero-order valence-corrected chi connectivity index (χ0v) is 16.2. The Kier molecular flexibility index (Phi) is 6.45. The van der Waals surface area contributed by atoms with Gasteiger partial charge in [-0.3, -0.25) is 4.79 Å². The summed E-state index contributed by atoms with van der Waals surface area (Å²) in [5.41, 5.74) is 3.48. The van der Waals surface area contributed by atoms with Gasteiger partial charge in [-0.15, -0.1) is 0 Å². The largest absolute Gasteiger partial charge is 0.465 e. The highest BCUT2D eigenvalue weighted by Gasteiger charge is 2.15. The fourth-order valence-corrected chi connectivity index (χ4v) is 3.15. The first kappa shape index (κ1) is 19.6. The lowest BCUT2D eigenvalue weighted by Crippen LogP contribution is -2.15. The molecule has 0 unspecified atom stereocenters. The Bertz CT molecular complexity index is 986. The number of anilines is 1. The van der Waals surface area contributed by atoms with Gasteiger partial charge >= 0.3 is 5.97 Å². The molecule has 0 spiro atoms. The van der Waals surface area contributed by atoms with Gasteiger partial charge in [0.15, 0.2) is 0 Å². The zero-order chi connectivity index (χ0) is 19.9. The summed E-state index contributed by atoms with van der Waals surface area (Å²) in [4.78, 5) is 24.6. The van der Waals surface area contributed by atoms with E-state index in [4.69, 9.17) is 16.3 Å². The second kappa shape index (κ2) is 9.20. The lowest BCUT2D eigenvalue weighted by atomic mass is 9.99. The van der Waals surface area contributed by atoms with Gasteiger partial charge in [0.05, 0.1) is 17.7 Å². The molecular formula is C23H20ClNO3. The quantitative estimate of drug-likeness (QED) is 0.588. The maximum absolute atomic E-state index is 12.8. The van der Waals surface area contributed by atoms with Gasteiger partial charge in [-0.05, 0) is 48.2 Å². The summed E-state index contributed by atoms with van der Waals surface area (Å²) >= 11 is 6.03. The van der Waals surface area contributed by atoms with E-state index >= 15 is 0 Å². The minimum Gasteiger partial charge on any atom is -0.465 e. The van der Waals surface area contributed by atoms with Crippen molar-refractivity contribution in [1.29, 1.82) is 0 Å². The van der Waals surface area contributed by atoms with E-state index < -0.39 is 5.97 Å². The average Bonchev–Trinajstić information content (AvgIpc) is 2.74. The number of carbonyl (C=O) groups is 2. The average molecular weight is 394 g/mol. The summed E-state index contributed by atoms with van der Waals surface area (Å²) in [6.45, 7) is 0. The van der Waals surface area contributed by atoms with Crippen molar-refractivity contribution in [3.8, 4) is 0 Å². The third-order valence-corrected chi connectivity index (χ3v) is 4.75. The molecule has 0 bridgehead atoms. The molecule has 3 aromatic carbocycles. The molecule has 142 valence electrons. The topological polar surface area (TPSA) is 55.4 Å². The van der Waals surface area contributed by atoms with Crippen LogP contribution >= 0.6 is 11.6 Å². The van der Waals surface area contributed by atoms with Crippen LogP contribution in [0.3, 0.4) is 0 Å². The standard InChI is InChI=1S/C23H20ClNO3/c1-28-23(27)20-15-18(13-14-21(20)24)25-22(26)19-10-6-5-9-17(19)12-11-16-7-3-2-4-8-16/h2-10,13-15H,11-12H2,1H3,(H,25,26). The van der Waals surface area contributed by atoms with Gasteiger partial charge in [0.25, 0.3) is 5.91 Å². The molecule has 0 radical (unpaired) electrons. The number of hydrogen-bond acceptors (Lipinski definition) is 3. The molecule has 0 atom stereocenters. The highest BCUT2D eigenvalue weighted by molar-refractivity contribution is 6.33. The van der Waals surface area contributed by atoms with E-state index in [1.54, 1.807) is 18.2 Å². The van der Waals surface area contributed by atoms with Crippen LogP contribution in [-0.4, -0.2) is 19.0 Å². The number of aryl methyl sites for hydroxylation is 2. The van der Waals surface area contributed by atoms with Crippen LogP contribution in [0.25, 0.3) is 0 Å². The van der Waals surface area contributed by atoms with E-state index in [-0.39, 0.29) is 16.5 Å². The molecular weight excluding hydrogens is 374 g/mol. The molecule has 4 nitrogen and oxygen atoms in total. The van der Waals surface area contributed by atoms with Gasteiger partial charge in [-0.2, -0.15) is 0 Å². The second-order valence-corrected chi connectivity index (χ2v) is 6.69. The summed E-state index contributed by atoms with van der Waals surface area (Å²) in [6, 6.07) is 22.4. The van der Waals surface area contributed by atoms with Crippen LogP contribution in [0.15, 0.2) is 72.8 Å². The highest BCUT2D eigenvalue weighted by Crippen LogP contribution is 2.22. The third kappa shape index (κ3) is 4.78. The lowest BCUT2D eigenvalue weighted by Gasteiger charge is -2.11. The van der Waals surface area contributed by atoms with Crippen LogP contribution in [0.2, 0.25) is 5.02 Å². The maximum atomic E-state index is 12.8. The third-order valence-electron chi connectivity index (χ3n) is 4.42. The number of esters is 1. The van der Waals surface area contributed by atoms with Crippen LogP contribution in [0.5, 0.6) is 0 Å². The molecule has 0 saturated heterocycles. The van der Waals surface area contributed by atoms with Gasteiger partial charge < -0.3 is 10.1 Å². The van der Waals surface area contributed by atoms with Crippen molar-refractivity contribution < 1.29 is 14.3 Å². The van der Waals surface area contributed by atoms with Crippen LogP contribution < -0.4 is 5.32 Å². The number of halogens is 1. The SMILES string of the molecule is COC(=O)c1cc(NC(=O)c2ccccc2CCc2ccccc2)ccc1Cl. The molecule has 0 heterocycles. The summed E-state index contributed by atoms with van der Waals surface area (Å²) in [7, 11) is 1.28. The Labute approximate surface area is 169 Å². The molecule has 0 aliphatic heterocycles. The monoisotopic (exact) mass is 393 g/mol. The first-order valence-corrected chi connectivity index (χ1v) is 9.27. The van der Waals surface area contributed by atoms with Gasteiger partial charge in [-0.25, -0.2) is 4.79 Å². The van der Waals surface area contributed by atoms with E-state index in [1.165, 1.54) is 18.7 Å². The molecule has 0 aliphatic carbocycles. The van der Waals surface area contributed by atoms with Crippen LogP contribution in [0, 0.1) is 0 Å². The molecule has 3 rings (SSSR count). The van der Waals surface area contributed by atoms with Gasteiger partial charge in [0, 0.05) is 11.3 Å². The van der Waals surface area contributed by atoms with E-state index in [2.05, 4.69) is 17.4 Å². The number of amides is 1. The number of nitrogens with one attached hydrogen (secondary N) is 1. The lowest BCUT2D eigenvalue weighted by molar-refractivity contribution is 0.0600. The van der Waals surface area contributed by atoms with Crippen molar-refractivity contribution in [2.75, 3.05) is 12.4 Å². The van der Waals surface area contributed by atoms with Crippen molar-refractivity contribution >= 4 is 29.2 Å². The Morgan fingerprint density at radius 3 is 2.36 bits per heavy atom. The van der Waals surface area contributed by atoms with E-state index in [1.807, 2.05) is 36.4 Å². The van der Waals surface area contributed by atoms with Crippen LogP contribution in [-0.2, 0) is 17.6 Å². The Hall–Kier alpha value is -3.11. The summed E-state index contributed by atoms with van der Waals surface area (Å²) < 4.78 is 4.72. The summed E-state index contributed by atoms with van der Waals surface area (Å²) in [6.07, 6.45) is 1.60. The van der Waals surface area contributed by atoms with Crippen LogP contribution in [0.4, 0.5) is 5.69 Å². The number of hydrogen-bond donors (Lipinski definition) is 1. The Morgan fingerprint density at radius 1 is 0.893 bits per heavy atom.